The molecule has 0 spiro atoms. The van der Waals surface area contributed by atoms with Gasteiger partial charge < -0.3 is 10.5 Å². The molecule has 6 nitrogen and oxygen atoms in total. The van der Waals surface area contributed by atoms with Crippen molar-refractivity contribution in [1.29, 1.82) is 0 Å². The number of nitrogens with one attached hydrogen (secondary N) is 2. The number of rotatable bonds is 7. The van der Waals surface area contributed by atoms with Crippen LogP contribution >= 0.6 is 0 Å². The highest BCUT2D eigenvalue weighted by Gasteiger charge is 2.30. The summed E-state index contributed by atoms with van der Waals surface area (Å²) in [5.41, 5.74) is 11.8. The molecule has 0 unspecified atom stereocenters. The Kier molecular flexibility index (Phi) is 6.23. The van der Waals surface area contributed by atoms with E-state index in [0.717, 1.165) is 5.56 Å². The summed E-state index contributed by atoms with van der Waals surface area (Å²) in [6.45, 7) is 7.00. The number of ketones is 1. The molecule has 0 fully saturated rings. The van der Waals surface area contributed by atoms with Gasteiger partial charge >= 0.3 is 0 Å². The Hall–Kier alpha value is -3.28. The third-order valence-electron chi connectivity index (χ3n) is 3.98. The highest BCUT2D eigenvalue weighted by molar-refractivity contribution is 6.09. The molecule has 0 bridgehead atoms. The van der Waals surface area contributed by atoms with E-state index in [4.69, 9.17) is 10.5 Å². The number of carbonyl (C=O) groups is 2. The van der Waals surface area contributed by atoms with Crippen molar-refractivity contribution in [3.63, 3.8) is 0 Å². The number of allylic oxidation sites excluding steroid dienone is 1. The van der Waals surface area contributed by atoms with Crippen molar-refractivity contribution in [2.24, 2.45) is 5.73 Å². The predicted molar refractivity (Wildman–Crippen MR) is 105 cm³/mol. The summed E-state index contributed by atoms with van der Waals surface area (Å²) in [4.78, 5) is 24.8. The Morgan fingerprint density at radius 1 is 0.963 bits per heavy atom. The number of hydrogen-bond donors (Lipinski definition) is 3. The zero-order valence-corrected chi connectivity index (χ0v) is 16.0. The molecule has 0 atom stereocenters. The van der Waals surface area contributed by atoms with E-state index < -0.39 is 5.60 Å². The molecule has 27 heavy (non-hydrogen) atoms. The second-order valence-corrected chi connectivity index (χ2v) is 6.66. The minimum absolute atomic E-state index is 0.0652. The lowest BCUT2D eigenvalue weighted by molar-refractivity contribution is -0.135. The van der Waals surface area contributed by atoms with Gasteiger partial charge in [-0.2, -0.15) is 0 Å². The zero-order chi connectivity index (χ0) is 20.0. The fraction of sp³-hybridized carbons (Fsp3) is 0.238. The summed E-state index contributed by atoms with van der Waals surface area (Å²) in [5.74, 6) is 0.365. The van der Waals surface area contributed by atoms with E-state index in [-0.39, 0.29) is 11.7 Å². The molecular formula is C21H25N3O3. The molecule has 4 N–H and O–H groups in total. The normalized spacial score (nSPS) is 11.6. The maximum atomic E-state index is 12.5. The number of benzene rings is 2. The van der Waals surface area contributed by atoms with Crippen LogP contribution in [0.1, 0.15) is 42.3 Å². The molecule has 0 aliphatic carbocycles. The molecule has 142 valence electrons. The maximum absolute atomic E-state index is 12.5. The first-order valence-corrected chi connectivity index (χ1v) is 8.61. The number of carbonyl (C=O) groups excluding carboxylic acids is 2. The maximum Gasteiger partial charge on any atom is 0.281 e. The predicted octanol–water partition coefficient (Wildman–Crippen LogP) is 2.82. The molecule has 1 amide bonds. The number of aryl methyl sites for hydroxylation is 1. The Bertz CT molecular complexity index is 838. The molecule has 6 heteroatoms. The summed E-state index contributed by atoms with van der Waals surface area (Å²) < 4.78 is 5.76. The van der Waals surface area contributed by atoms with Gasteiger partial charge in [-0.1, -0.05) is 29.8 Å². The fourth-order valence-corrected chi connectivity index (χ4v) is 2.24. The molecule has 0 aromatic heterocycles. The standard InChI is InChI=1S/C21H25N3O3/c1-5-18(22)23-24-20(26)21(3,4)27-17-12-10-16(11-13-17)19(25)15-8-6-14(2)7-9-15/h5-13,23H,22H2,1-4H3,(H,24,26)/b18-5+. The van der Waals surface area contributed by atoms with Crippen molar-refractivity contribution in [3.05, 3.63) is 77.1 Å². The number of nitrogens with two attached hydrogens (primary N) is 1. The first-order valence-electron chi connectivity index (χ1n) is 8.61. The highest BCUT2D eigenvalue weighted by atomic mass is 16.5. The van der Waals surface area contributed by atoms with Crippen LogP contribution in [0, 0.1) is 6.92 Å². The second-order valence-electron chi connectivity index (χ2n) is 6.66. The number of hydrogen-bond acceptors (Lipinski definition) is 5. The average Bonchev–Trinajstić information content (AvgIpc) is 2.66. The number of amides is 1. The summed E-state index contributed by atoms with van der Waals surface area (Å²) in [5, 5.41) is 0. The molecule has 0 radical (unpaired) electrons. The molecule has 0 aliphatic rings. The molecule has 0 saturated heterocycles. The first kappa shape index (κ1) is 20.0. The van der Waals surface area contributed by atoms with Gasteiger partial charge in [0.1, 0.15) is 11.6 Å². The number of ether oxygens (including phenoxy) is 1. The molecule has 2 rings (SSSR count). The Labute approximate surface area is 159 Å². The van der Waals surface area contributed by atoms with E-state index >= 15 is 0 Å². The van der Waals surface area contributed by atoms with Crippen molar-refractivity contribution in [2.75, 3.05) is 0 Å². The van der Waals surface area contributed by atoms with Gasteiger partial charge in [0.05, 0.1) is 0 Å². The largest absolute Gasteiger partial charge is 0.478 e. The van der Waals surface area contributed by atoms with E-state index in [1.165, 1.54) is 0 Å². The third-order valence-corrected chi connectivity index (χ3v) is 3.98. The van der Waals surface area contributed by atoms with Gasteiger partial charge in [0.15, 0.2) is 11.4 Å². The molecule has 0 aliphatic heterocycles. The van der Waals surface area contributed by atoms with Gasteiger partial charge in [-0.05, 0) is 58.0 Å². The summed E-state index contributed by atoms with van der Waals surface area (Å²) in [6, 6.07) is 14.1. The number of hydrazine groups is 1. The lowest BCUT2D eigenvalue weighted by Crippen LogP contribution is -2.52. The quantitative estimate of drug-likeness (QED) is 0.517. The van der Waals surface area contributed by atoms with Crippen LogP contribution in [0.2, 0.25) is 0 Å². The van der Waals surface area contributed by atoms with E-state index in [1.807, 2.05) is 19.1 Å². The first-order chi connectivity index (χ1) is 12.7. The van der Waals surface area contributed by atoms with Crippen LogP contribution in [0.3, 0.4) is 0 Å². The minimum atomic E-state index is -1.14. The van der Waals surface area contributed by atoms with Crippen molar-refractivity contribution >= 4 is 11.7 Å². The van der Waals surface area contributed by atoms with E-state index in [2.05, 4.69) is 10.9 Å². The van der Waals surface area contributed by atoms with Crippen molar-refractivity contribution < 1.29 is 14.3 Å². The van der Waals surface area contributed by atoms with Crippen molar-refractivity contribution in [2.45, 2.75) is 33.3 Å². The van der Waals surface area contributed by atoms with Crippen LogP contribution in [-0.2, 0) is 4.79 Å². The van der Waals surface area contributed by atoms with Gasteiger partial charge in [0.25, 0.3) is 5.91 Å². The van der Waals surface area contributed by atoms with E-state index in [1.54, 1.807) is 63.2 Å². The van der Waals surface area contributed by atoms with Crippen LogP contribution in [0.15, 0.2) is 60.4 Å². The monoisotopic (exact) mass is 367 g/mol. The minimum Gasteiger partial charge on any atom is -0.478 e. The fourth-order valence-electron chi connectivity index (χ4n) is 2.24. The molecule has 0 heterocycles. The topological polar surface area (TPSA) is 93.5 Å². The Balaban J connectivity index is 2.04. The average molecular weight is 367 g/mol. The Morgan fingerprint density at radius 3 is 2.00 bits per heavy atom. The van der Waals surface area contributed by atoms with Gasteiger partial charge in [-0.3, -0.25) is 20.4 Å². The van der Waals surface area contributed by atoms with E-state index in [0.29, 0.717) is 22.7 Å². The molecule has 2 aromatic rings. The van der Waals surface area contributed by atoms with Crippen LogP contribution in [0.25, 0.3) is 0 Å². The summed E-state index contributed by atoms with van der Waals surface area (Å²) >= 11 is 0. The van der Waals surface area contributed by atoms with Crippen molar-refractivity contribution in [1.82, 2.24) is 10.9 Å². The molecular weight excluding hydrogens is 342 g/mol. The third kappa shape index (κ3) is 5.34. The van der Waals surface area contributed by atoms with Crippen LogP contribution in [0.4, 0.5) is 0 Å². The van der Waals surface area contributed by atoms with Gasteiger partial charge in [-0.25, -0.2) is 0 Å². The molecule has 2 aromatic carbocycles. The summed E-state index contributed by atoms with van der Waals surface area (Å²) in [7, 11) is 0. The second kappa shape index (κ2) is 8.40. The van der Waals surface area contributed by atoms with Crippen LogP contribution in [0.5, 0.6) is 5.75 Å². The van der Waals surface area contributed by atoms with Gasteiger partial charge in [-0.15, -0.1) is 0 Å². The SMILES string of the molecule is C/C=C(\N)NNC(=O)C(C)(C)Oc1ccc(C(=O)c2ccc(C)cc2)cc1. The molecule has 0 saturated carbocycles. The summed E-state index contributed by atoms with van der Waals surface area (Å²) in [6.07, 6.45) is 1.62. The van der Waals surface area contributed by atoms with Gasteiger partial charge in [0, 0.05) is 11.1 Å². The van der Waals surface area contributed by atoms with Crippen LogP contribution < -0.4 is 21.3 Å². The smallest absolute Gasteiger partial charge is 0.281 e. The van der Waals surface area contributed by atoms with Crippen molar-refractivity contribution in [3.8, 4) is 5.75 Å². The highest BCUT2D eigenvalue weighted by Crippen LogP contribution is 2.20. The lowest BCUT2D eigenvalue weighted by Gasteiger charge is -2.25. The van der Waals surface area contributed by atoms with Gasteiger partial charge in [0.2, 0.25) is 0 Å². The zero-order valence-electron chi connectivity index (χ0n) is 16.0. The Morgan fingerprint density at radius 2 is 1.48 bits per heavy atom. The lowest BCUT2D eigenvalue weighted by atomic mass is 10.0. The van der Waals surface area contributed by atoms with Crippen LogP contribution in [-0.4, -0.2) is 17.3 Å². The van der Waals surface area contributed by atoms with E-state index in [9.17, 15) is 9.59 Å².